The Morgan fingerprint density at radius 2 is 1.94 bits per heavy atom. The molecule has 92 valence electrons. The SMILES string of the molecule is Cc1ccc(N2CC3(CCOCC3)C2)c(N)c1. The summed E-state index contributed by atoms with van der Waals surface area (Å²) in [6, 6.07) is 6.35. The van der Waals surface area contributed by atoms with E-state index in [1.165, 1.54) is 24.1 Å². The Labute approximate surface area is 103 Å². The summed E-state index contributed by atoms with van der Waals surface area (Å²) in [5.41, 5.74) is 9.93. The van der Waals surface area contributed by atoms with Gasteiger partial charge in [0.2, 0.25) is 0 Å². The fraction of sp³-hybridized carbons (Fsp3) is 0.571. The van der Waals surface area contributed by atoms with Crippen molar-refractivity contribution in [2.45, 2.75) is 19.8 Å². The normalized spacial score (nSPS) is 22.5. The zero-order chi connectivity index (χ0) is 11.9. The maximum atomic E-state index is 6.08. The second-order valence-electron chi connectivity index (χ2n) is 5.53. The van der Waals surface area contributed by atoms with Gasteiger partial charge in [-0.3, -0.25) is 0 Å². The first-order valence-electron chi connectivity index (χ1n) is 6.37. The van der Waals surface area contributed by atoms with Crippen LogP contribution in [0.15, 0.2) is 18.2 Å². The molecule has 2 saturated heterocycles. The van der Waals surface area contributed by atoms with Crippen molar-refractivity contribution in [1.82, 2.24) is 0 Å². The van der Waals surface area contributed by atoms with E-state index < -0.39 is 0 Å². The fourth-order valence-electron chi connectivity index (χ4n) is 3.02. The van der Waals surface area contributed by atoms with Crippen LogP contribution in [-0.4, -0.2) is 26.3 Å². The van der Waals surface area contributed by atoms with Crippen molar-refractivity contribution in [3.63, 3.8) is 0 Å². The lowest BCUT2D eigenvalue weighted by atomic mass is 9.73. The Morgan fingerprint density at radius 3 is 2.59 bits per heavy atom. The van der Waals surface area contributed by atoms with Crippen LogP contribution in [0.5, 0.6) is 0 Å². The van der Waals surface area contributed by atoms with E-state index in [1.54, 1.807) is 0 Å². The summed E-state index contributed by atoms with van der Waals surface area (Å²) >= 11 is 0. The Balaban J connectivity index is 1.72. The first kappa shape index (κ1) is 10.9. The first-order chi connectivity index (χ1) is 8.19. The highest BCUT2D eigenvalue weighted by molar-refractivity contribution is 5.69. The van der Waals surface area contributed by atoms with E-state index >= 15 is 0 Å². The number of rotatable bonds is 1. The monoisotopic (exact) mass is 232 g/mol. The molecule has 3 nitrogen and oxygen atoms in total. The lowest BCUT2D eigenvalue weighted by Gasteiger charge is -2.53. The van der Waals surface area contributed by atoms with E-state index in [4.69, 9.17) is 10.5 Å². The molecule has 2 heterocycles. The van der Waals surface area contributed by atoms with Crippen molar-refractivity contribution >= 4 is 11.4 Å². The van der Waals surface area contributed by atoms with Crippen LogP contribution in [-0.2, 0) is 4.74 Å². The van der Waals surface area contributed by atoms with E-state index in [0.717, 1.165) is 32.0 Å². The number of nitrogens with zero attached hydrogens (tertiary/aromatic N) is 1. The van der Waals surface area contributed by atoms with Crippen molar-refractivity contribution in [2.75, 3.05) is 36.9 Å². The third-order valence-electron chi connectivity index (χ3n) is 4.13. The first-order valence-corrected chi connectivity index (χ1v) is 6.37. The quantitative estimate of drug-likeness (QED) is 0.754. The smallest absolute Gasteiger partial charge is 0.0600 e. The van der Waals surface area contributed by atoms with Gasteiger partial charge >= 0.3 is 0 Å². The van der Waals surface area contributed by atoms with Gasteiger partial charge in [-0.15, -0.1) is 0 Å². The van der Waals surface area contributed by atoms with E-state index in [-0.39, 0.29) is 0 Å². The lowest BCUT2D eigenvalue weighted by molar-refractivity contribution is -0.000142. The summed E-state index contributed by atoms with van der Waals surface area (Å²) in [5.74, 6) is 0. The molecule has 3 rings (SSSR count). The molecule has 2 aliphatic heterocycles. The van der Waals surface area contributed by atoms with Gasteiger partial charge in [0.05, 0.1) is 11.4 Å². The molecule has 0 atom stereocenters. The molecule has 0 radical (unpaired) electrons. The Kier molecular flexibility index (Phi) is 2.51. The molecule has 0 unspecified atom stereocenters. The highest BCUT2D eigenvalue weighted by atomic mass is 16.5. The molecule has 1 aromatic carbocycles. The molecule has 0 aromatic heterocycles. The summed E-state index contributed by atoms with van der Waals surface area (Å²) in [5, 5.41) is 0. The van der Waals surface area contributed by atoms with Crippen molar-refractivity contribution in [2.24, 2.45) is 5.41 Å². The minimum atomic E-state index is 0.510. The zero-order valence-corrected chi connectivity index (χ0v) is 10.4. The summed E-state index contributed by atoms with van der Waals surface area (Å²) in [6.45, 7) is 6.22. The molecule has 0 amide bonds. The largest absolute Gasteiger partial charge is 0.397 e. The molecule has 2 fully saturated rings. The second kappa shape index (κ2) is 3.91. The van der Waals surface area contributed by atoms with Crippen molar-refractivity contribution in [3.8, 4) is 0 Å². The van der Waals surface area contributed by atoms with Gasteiger partial charge in [0.25, 0.3) is 0 Å². The topological polar surface area (TPSA) is 38.5 Å². The molecular formula is C14H20N2O. The molecule has 1 spiro atoms. The van der Waals surface area contributed by atoms with Crippen molar-refractivity contribution in [3.05, 3.63) is 23.8 Å². The van der Waals surface area contributed by atoms with E-state index in [1.807, 2.05) is 0 Å². The van der Waals surface area contributed by atoms with Crippen LogP contribution in [0.4, 0.5) is 11.4 Å². The van der Waals surface area contributed by atoms with Crippen molar-refractivity contribution < 1.29 is 4.74 Å². The molecule has 1 aromatic rings. The Hall–Kier alpha value is -1.22. The van der Waals surface area contributed by atoms with Gasteiger partial charge in [0.15, 0.2) is 0 Å². The molecule has 17 heavy (non-hydrogen) atoms. The highest BCUT2D eigenvalue weighted by Gasteiger charge is 2.44. The predicted octanol–water partition coefficient (Wildman–Crippen LogP) is 2.19. The van der Waals surface area contributed by atoms with Gasteiger partial charge in [0, 0.05) is 31.7 Å². The lowest BCUT2D eigenvalue weighted by Crippen LogP contribution is -2.58. The predicted molar refractivity (Wildman–Crippen MR) is 70.3 cm³/mol. The number of hydrogen-bond donors (Lipinski definition) is 1. The van der Waals surface area contributed by atoms with E-state index in [9.17, 15) is 0 Å². The standard InChI is InChI=1S/C14H20N2O/c1-11-2-3-13(12(15)8-11)16-9-14(10-16)4-6-17-7-5-14/h2-3,8H,4-7,9-10,15H2,1H3. The fourth-order valence-corrected chi connectivity index (χ4v) is 3.02. The number of hydrogen-bond acceptors (Lipinski definition) is 3. The molecule has 2 aliphatic rings. The Bertz CT molecular complexity index is 416. The number of nitrogens with two attached hydrogens (primary N) is 1. The van der Waals surface area contributed by atoms with Crippen LogP contribution >= 0.6 is 0 Å². The maximum Gasteiger partial charge on any atom is 0.0600 e. The molecule has 0 saturated carbocycles. The second-order valence-corrected chi connectivity index (χ2v) is 5.53. The number of aryl methyl sites for hydroxylation is 1. The number of nitrogen functional groups attached to an aromatic ring is 1. The summed E-state index contributed by atoms with van der Waals surface area (Å²) < 4.78 is 5.44. The zero-order valence-electron chi connectivity index (χ0n) is 10.4. The average Bonchev–Trinajstić information content (AvgIpc) is 2.27. The van der Waals surface area contributed by atoms with E-state index in [0.29, 0.717) is 5.41 Å². The average molecular weight is 232 g/mol. The van der Waals surface area contributed by atoms with Crippen LogP contribution in [0, 0.1) is 12.3 Å². The molecule has 0 bridgehead atoms. The third-order valence-corrected chi connectivity index (χ3v) is 4.13. The van der Waals surface area contributed by atoms with Crippen molar-refractivity contribution in [1.29, 1.82) is 0 Å². The van der Waals surface area contributed by atoms with Crippen LogP contribution in [0.25, 0.3) is 0 Å². The van der Waals surface area contributed by atoms with Gasteiger partial charge in [0.1, 0.15) is 0 Å². The van der Waals surface area contributed by atoms with Gasteiger partial charge < -0.3 is 15.4 Å². The van der Waals surface area contributed by atoms with Crippen LogP contribution in [0.3, 0.4) is 0 Å². The summed E-state index contributed by atoms with van der Waals surface area (Å²) in [4.78, 5) is 2.40. The van der Waals surface area contributed by atoms with Gasteiger partial charge in [-0.25, -0.2) is 0 Å². The number of ether oxygens (including phenoxy) is 1. The maximum absolute atomic E-state index is 6.08. The van der Waals surface area contributed by atoms with Crippen LogP contribution in [0.2, 0.25) is 0 Å². The molecule has 3 heteroatoms. The third kappa shape index (κ3) is 1.89. The minimum Gasteiger partial charge on any atom is -0.397 e. The Morgan fingerprint density at radius 1 is 1.24 bits per heavy atom. The minimum absolute atomic E-state index is 0.510. The van der Waals surface area contributed by atoms with Gasteiger partial charge in [-0.2, -0.15) is 0 Å². The summed E-state index contributed by atoms with van der Waals surface area (Å²) in [7, 11) is 0. The van der Waals surface area contributed by atoms with Gasteiger partial charge in [-0.1, -0.05) is 6.07 Å². The summed E-state index contributed by atoms with van der Waals surface area (Å²) in [6.07, 6.45) is 2.41. The molecule has 2 N–H and O–H groups in total. The highest BCUT2D eigenvalue weighted by Crippen LogP contribution is 2.43. The molecular weight excluding hydrogens is 212 g/mol. The van der Waals surface area contributed by atoms with Crippen LogP contribution in [0.1, 0.15) is 18.4 Å². The number of anilines is 2. The van der Waals surface area contributed by atoms with E-state index in [2.05, 4.69) is 30.0 Å². The molecule has 0 aliphatic carbocycles. The van der Waals surface area contributed by atoms with Gasteiger partial charge in [-0.05, 0) is 37.5 Å². The van der Waals surface area contributed by atoms with Crippen LogP contribution < -0.4 is 10.6 Å². The number of benzene rings is 1.